The molecular formula is C18H26N4O2. The number of carbonyl (C=O) groups excluding carboxylic acids is 1. The Morgan fingerprint density at radius 3 is 2.96 bits per heavy atom. The molecular weight excluding hydrogens is 304 g/mol. The summed E-state index contributed by atoms with van der Waals surface area (Å²) in [4.78, 5) is 14.1. The van der Waals surface area contributed by atoms with Crippen molar-refractivity contribution in [1.29, 1.82) is 0 Å². The Balaban J connectivity index is 1.62. The highest BCUT2D eigenvalue weighted by molar-refractivity contribution is 5.77. The standard InChI is InChI=1S/C18H26N4O2/c1-13(2)18(23)19-8-6-15-10-21(11-16-7-9-20-22(15)16)12-17-5-4-14(3)24-17/h4-5,7,9,13,15H,6,8,10-12H2,1-3H3,(H,19,23)/t15-/m0/s1. The van der Waals surface area contributed by atoms with Crippen molar-refractivity contribution in [2.24, 2.45) is 5.92 Å². The molecule has 130 valence electrons. The SMILES string of the molecule is Cc1ccc(CN2Cc3ccnn3[C@@H](CCNC(=O)C(C)C)C2)o1. The molecule has 1 atom stereocenters. The largest absolute Gasteiger partial charge is 0.465 e. The molecule has 0 aliphatic carbocycles. The normalized spacial score (nSPS) is 17.9. The van der Waals surface area contributed by atoms with Crippen LogP contribution in [-0.4, -0.2) is 33.7 Å². The van der Waals surface area contributed by atoms with E-state index in [4.69, 9.17) is 4.42 Å². The van der Waals surface area contributed by atoms with Crippen molar-refractivity contribution in [2.75, 3.05) is 13.1 Å². The Bertz CT molecular complexity index is 689. The van der Waals surface area contributed by atoms with Crippen LogP contribution >= 0.6 is 0 Å². The van der Waals surface area contributed by atoms with Gasteiger partial charge in [0, 0.05) is 31.7 Å². The number of carbonyl (C=O) groups is 1. The molecule has 1 amide bonds. The first-order valence-corrected chi connectivity index (χ1v) is 8.60. The third kappa shape index (κ3) is 3.87. The molecule has 1 aliphatic heterocycles. The van der Waals surface area contributed by atoms with Gasteiger partial charge in [0.2, 0.25) is 5.91 Å². The van der Waals surface area contributed by atoms with Crippen LogP contribution in [0, 0.1) is 12.8 Å². The zero-order valence-corrected chi connectivity index (χ0v) is 14.7. The minimum Gasteiger partial charge on any atom is -0.465 e. The predicted molar refractivity (Wildman–Crippen MR) is 91.3 cm³/mol. The van der Waals surface area contributed by atoms with E-state index in [2.05, 4.69) is 26.1 Å². The summed E-state index contributed by atoms with van der Waals surface area (Å²) in [6, 6.07) is 6.38. The first kappa shape index (κ1) is 16.8. The maximum absolute atomic E-state index is 11.7. The third-order valence-corrected chi connectivity index (χ3v) is 4.43. The van der Waals surface area contributed by atoms with E-state index >= 15 is 0 Å². The fourth-order valence-electron chi connectivity index (χ4n) is 3.16. The van der Waals surface area contributed by atoms with Gasteiger partial charge in [-0.1, -0.05) is 13.8 Å². The molecule has 6 heteroatoms. The molecule has 0 fully saturated rings. The molecule has 2 aromatic rings. The summed E-state index contributed by atoms with van der Waals surface area (Å²) in [5.74, 6) is 2.07. The van der Waals surface area contributed by atoms with Crippen LogP contribution in [0.4, 0.5) is 0 Å². The number of nitrogens with one attached hydrogen (secondary N) is 1. The summed E-state index contributed by atoms with van der Waals surface area (Å²) in [6.07, 6.45) is 2.73. The lowest BCUT2D eigenvalue weighted by molar-refractivity contribution is -0.124. The molecule has 6 nitrogen and oxygen atoms in total. The van der Waals surface area contributed by atoms with Gasteiger partial charge in [-0.15, -0.1) is 0 Å². The Hall–Kier alpha value is -2.08. The van der Waals surface area contributed by atoms with Crippen LogP contribution in [0.2, 0.25) is 0 Å². The first-order valence-electron chi connectivity index (χ1n) is 8.60. The summed E-state index contributed by atoms with van der Waals surface area (Å²) in [5.41, 5.74) is 1.21. The van der Waals surface area contributed by atoms with Crippen LogP contribution in [0.25, 0.3) is 0 Å². The van der Waals surface area contributed by atoms with Crippen LogP contribution in [0.3, 0.4) is 0 Å². The molecule has 2 aromatic heterocycles. The number of rotatable bonds is 6. The fraction of sp³-hybridized carbons (Fsp3) is 0.556. The van der Waals surface area contributed by atoms with E-state index < -0.39 is 0 Å². The van der Waals surface area contributed by atoms with Crippen LogP contribution in [-0.2, 0) is 17.9 Å². The van der Waals surface area contributed by atoms with E-state index in [0.717, 1.165) is 37.6 Å². The molecule has 0 spiro atoms. The van der Waals surface area contributed by atoms with Gasteiger partial charge in [0.15, 0.2) is 0 Å². The second kappa shape index (κ2) is 7.21. The summed E-state index contributed by atoms with van der Waals surface area (Å²) < 4.78 is 7.81. The number of hydrogen-bond acceptors (Lipinski definition) is 4. The summed E-state index contributed by atoms with van der Waals surface area (Å²) in [7, 11) is 0. The molecule has 0 bridgehead atoms. The van der Waals surface area contributed by atoms with Crippen molar-refractivity contribution >= 4 is 5.91 Å². The highest BCUT2D eigenvalue weighted by atomic mass is 16.3. The second-order valence-corrected chi connectivity index (χ2v) is 6.84. The molecule has 3 heterocycles. The Morgan fingerprint density at radius 1 is 1.42 bits per heavy atom. The van der Waals surface area contributed by atoms with Crippen molar-refractivity contribution in [3.63, 3.8) is 0 Å². The fourth-order valence-corrected chi connectivity index (χ4v) is 3.16. The van der Waals surface area contributed by atoms with Crippen LogP contribution < -0.4 is 5.32 Å². The van der Waals surface area contributed by atoms with E-state index in [1.165, 1.54) is 5.69 Å². The van der Waals surface area contributed by atoms with Crippen molar-refractivity contribution in [2.45, 2.75) is 46.3 Å². The van der Waals surface area contributed by atoms with E-state index in [1.807, 2.05) is 39.1 Å². The van der Waals surface area contributed by atoms with Crippen LogP contribution in [0.15, 0.2) is 28.8 Å². The van der Waals surface area contributed by atoms with E-state index in [0.29, 0.717) is 6.54 Å². The molecule has 24 heavy (non-hydrogen) atoms. The summed E-state index contributed by atoms with van der Waals surface area (Å²) in [6.45, 7) is 9.04. The Kier molecular flexibility index (Phi) is 5.04. The molecule has 1 N–H and O–H groups in total. The summed E-state index contributed by atoms with van der Waals surface area (Å²) in [5, 5.41) is 7.47. The molecule has 0 saturated heterocycles. The van der Waals surface area contributed by atoms with Gasteiger partial charge in [-0.3, -0.25) is 14.4 Å². The van der Waals surface area contributed by atoms with E-state index in [1.54, 1.807) is 0 Å². The number of nitrogens with zero attached hydrogens (tertiary/aromatic N) is 3. The smallest absolute Gasteiger partial charge is 0.222 e. The average Bonchev–Trinajstić information content (AvgIpc) is 3.16. The molecule has 1 aliphatic rings. The van der Waals surface area contributed by atoms with Gasteiger partial charge < -0.3 is 9.73 Å². The molecule has 0 saturated carbocycles. The Morgan fingerprint density at radius 2 is 2.25 bits per heavy atom. The van der Waals surface area contributed by atoms with Gasteiger partial charge in [-0.05, 0) is 31.5 Å². The minimum atomic E-state index is 0.0234. The van der Waals surface area contributed by atoms with Crippen molar-refractivity contribution in [1.82, 2.24) is 20.0 Å². The Labute approximate surface area is 142 Å². The van der Waals surface area contributed by atoms with E-state index in [9.17, 15) is 4.79 Å². The second-order valence-electron chi connectivity index (χ2n) is 6.84. The zero-order valence-electron chi connectivity index (χ0n) is 14.7. The monoisotopic (exact) mass is 330 g/mol. The average molecular weight is 330 g/mol. The minimum absolute atomic E-state index is 0.0234. The highest BCUT2D eigenvalue weighted by Crippen LogP contribution is 2.24. The molecule has 0 radical (unpaired) electrons. The van der Waals surface area contributed by atoms with Gasteiger partial charge in [-0.2, -0.15) is 5.10 Å². The molecule has 0 unspecified atom stereocenters. The van der Waals surface area contributed by atoms with Gasteiger partial charge >= 0.3 is 0 Å². The van der Waals surface area contributed by atoms with Crippen molar-refractivity contribution in [3.05, 3.63) is 41.6 Å². The van der Waals surface area contributed by atoms with Crippen LogP contribution in [0.5, 0.6) is 0 Å². The van der Waals surface area contributed by atoms with Gasteiger partial charge in [0.1, 0.15) is 11.5 Å². The number of aromatic nitrogens is 2. The van der Waals surface area contributed by atoms with E-state index in [-0.39, 0.29) is 17.9 Å². The third-order valence-electron chi connectivity index (χ3n) is 4.43. The first-order chi connectivity index (χ1) is 11.5. The van der Waals surface area contributed by atoms with Gasteiger partial charge in [-0.25, -0.2) is 0 Å². The van der Waals surface area contributed by atoms with Crippen molar-refractivity contribution in [3.8, 4) is 0 Å². The van der Waals surface area contributed by atoms with Crippen LogP contribution in [0.1, 0.15) is 43.5 Å². The number of fused-ring (bicyclic) bond motifs is 1. The molecule has 3 rings (SSSR count). The maximum Gasteiger partial charge on any atom is 0.222 e. The lowest BCUT2D eigenvalue weighted by Crippen LogP contribution is -2.39. The number of hydrogen-bond donors (Lipinski definition) is 1. The predicted octanol–water partition coefficient (Wildman–Crippen LogP) is 2.50. The maximum atomic E-state index is 11.7. The van der Waals surface area contributed by atoms with Gasteiger partial charge in [0.05, 0.1) is 18.3 Å². The number of amides is 1. The molecule has 0 aromatic carbocycles. The lowest BCUT2D eigenvalue weighted by Gasteiger charge is -2.33. The topological polar surface area (TPSA) is 63.3 Å². The van der Waals surface area contributed by atoms with Gasteiger partial charge in [0.25, 0.3) is 0 Å². The summed E-state index contributed by atoms with van der Waals surface area (Å²) >= 11 is 0. The zero-order chi connectivity index (χ0) is 17.1. The number of aryl methyl sites for hydroxylation is 1. The lowest BCUT2D eigenvalue weighted by atomic mass is 10.1. The highest BCUT2D eigenvalue weighted by Gasteiger charge is 2.26. The van der Waals surface area contributed by atoms with Crippen molar-refractivity contribution < 1.29 is 9.21 Å². The number of furan rings is 1. The quantitative estimate of drug-likeness (QED) is 0.884.